The summed E-state index contributed by atoms with van der Waals surface area (Å²) >= 11 is 0. The number of aliphatic hydroxyl groups is 1. The van der Waals surface area contributed by atoms with E-state index in [-0.39, 0.29) is 18.9 Å². The number of hydrogen-bond donors (Lipinski definition) is 4. The van der Waals surface area contributed by atoms with E-state index in [1.165, 1.54) is 26.0 Å². The molecule has 2 aromatic rings. The molecule has 0 bridgehead atoms. The van der Waals surface area contributed by atoms with Crippen molar-refractivity contribution in [2.75, 3.05) is 19.3 Å². The highest BCUT2D eigenvalue weighted by Crippen LogP contribution is 2.39. The molecule has 11 nitrogen and oxygen atoms in total. The Kier molecular flexibility index (Phi) is 13.0. The third-order valence-corrected chi connectivity index (χ3v) is 12.3. The number of aliphatic hydroxyl groups excluding tert-OH is 1. The Balaban J connectivity index is 1.61. The standard InChI is InChI=1S/C38H55N5O6S/c1-37(2,3)42-35(46)31-22-28-16-10-11-17-29(28)24-43(31)25-32(44)30(21-26-13-8-7-9-14-26)40-36(47)34(38(4,5)50(6,48)49)41-33(45)19-18-27-15-12-20-39-23-27/h7-9,12-15,18-20,23,28-32,34,44H,10-11,16-17,21-22,24-25H2,1-6H3,(H,40,47)(H,41,45)(H,42,46)/t28-,29+,30-,31-,32+,34+/m0/s1. The number of pyridine rings is 1. The second-order valence-corrected chi connectivity index (χ2v) is 18.2. The normalized spacial score (nSPS) is 22.2. The van der Waals surface area contributed by atoms with E-state index in [0.717, 1.165) is 37.5 Å². The molecule has 1 aromatic heterocycles. The van der Waals surface area contributed by atoms with Crippen LogP contribution in [0.1, 0.15) is 77.8 Å². The van der Waals surface area contributed by atoms with Crippen LogP contribution in [0, 0.1) is 11.8 Å². The predicted molar refractivity (Wildman–Crippen MR) is 196 cm³/mol. The summed E-state index contributed by atoms with van der Waals surface area (Å²) in [5, 5.41) is 20.6. The Labute approximate surface area is 297 Å². The molecule has 274 valence electrons. The van der Waals surface area contributed by atoms with Crippen LogP contribution in [0.5, 0.6) is 0 Å². The number of nitrogens with one attached hydrogen (secondary N) is 3. The largest absolute Gasteiger partial charge is 0.390 e. The van der Waals surface area contributed by atoms with Gasteiger partial charge in [-0.25, -0.2) is 8.42 Å². The van der Waals surface area contributed by atoms with E-state index in [1.54, 1.807) is 24.5 Å². The summed E-state index contributed by atoms with van der Waals surface area (Å²) in [5.41, 5.74) is 1.09. The maximum absolute atomic E-state index is 14.1. The molecule has 12 heteroatoms. The number of piperidine rings is 1. The smallest absolute Gasteiger partial charge is 0.244 e. The van der Waals surface area contributed by atoms with Crippen LogP contribution < -0.4 is 16.0 Å². The lowest BCUT2D eigenvalue weighted by molar-refractivity contribution is -0.133. The highest BCUT2D eigenvalue weighted by atomic mass is 32.2. The van der Waals surface area contributed by atoms with E-state index in [1.807, 2.05) is 51.1 Å². The number of amides is 3. The minimum atomic E-state index is -3.87. The second kappa shape index (κ2) is 16.6. The molecule has 0 unspecified atom stereocenters. The molecule has 1 aromatic carbocycles. The van der Waals surface area contributed by atoms with Gasteiger partial charge in [-0.3, -0.25) is 24.3 Å². The van der Waals surface area contributed by atoms with Crippen LogP contribution in [0.4, 0.5) is 0 Å². The van der Waals surface area contributed by atoms with Crippen molar-refractivity contribution in [2.45, 2.75) is 108 Å². The van der Waals surface area contributed by atoms with Crippen molar-refractivity contribution in [1.82, 2.24) is 25.8 Å². The molecular weight excluding hydrogens is 655 g/mol. The van der Waals surface area contributed by atoms with Crippen molar-refractivity contribution in [3.8, 4) is 0 Å². The fourth-order valence-electron chi connectivity index (χ4n) is 7.02. The number of rotatable bonds is 13. The SMILES string of the molecule is CC(C)(C)NC(=O)[C@@H]1C[C@@H]2CCCC[C@@H]2CN1C[C@@H](O)[C@H](Cc1ccccc1)NC(=O)[C@@H](NC(=O)C=Cc1cccnc1)C(C)(C)S(C)(=O)=O. The summed E-state index contributed by atoms with van der Waals surface area (Å²) in [5.74, 6) is -0.603. The molecule has 0 radical (unpaired) electrons. The first-order valence-corrected chi connectivity index (χ1v) is 19.5. The number of β-amino-alcohol motifs (C(OH)–C–C–N with tert-alkyl or cyclic N) is 1. The van der Waals surface area contributed by atoms with Crippen molar-refractivity contribution < 1.29 is 27.9 Å². The molecule has 3 amide bonds. The fourth-order valence-corrected chi connectivity index (χ4v) is 7.61. The third-order valence-electron chi connectivity index (χ3n) is 10.1. The van der Waals surface area contributed by atoms with Gasteiger partial charge < -0.3 is 21.1 Å². The Morgan fingerprint density at radius 1 is 1.00 bits per heavy atom. The van der Waals surface area contributed by atoms with E-state index in [2.05, 4.69) is 25.8 Å². The number of carbonyl (C=O) groups is 3. The fraction of sp³-hybridized carbons (Fsp3) is 0.579. The van der Waals surface area contributed by atoms with E-state index < -0.39 is 56.2 Å². The van der Waals surface area contributed by atoms with Gasteiger partial charge in [0.25, 0.3) is 0 Å². The summed E-state index contributed by atoms with van der Waals surface area (Å²) in [6.45, 7) is 9.43. The predicted octanol–water partition coefficient (Wildman–Crippen LogP) is 3.29. The molecule has 1 saturated heterocycles. The molecule has 50 heavy (non-hydrogen) atoms. The number of nitrogens with zero attached hydrogens (tertiary/aromatic N) is 2. The zero-order chi connectivity index (χ0) is 36.7. The highest BCUT2D eigenvalue weighted by molar-refractivity contribution is 7.92. The number of benzene rings is 1. The minimum Gasteiger partial charge on any atom is -0.390 e. The molecule has 1 aliphatic carbocycles. The van der Waals surface area contributed by atoms with Gasteiger partial charge in [-0.2, -0.15) is 0 Å². The van der Waals surface area contributed by atoms with Gasteiger partial charge in [0.05, 0.1) is 22.9 Å². The summed E-state index contributed by atoms with van der Waals surface area (Å²) in [6, 6.07) is 10.1. The van der Waals surface area contributed by atoms with Crippen molar-refractivity contribution in [2.24, 2.45) is 11.8 Å². The first-order chi connectivity index (χ1) is 23.4. The van der Waals surface area contributed by atoms with Gasteiger partial charge in [0.15, 0.2) is 9.84 Å². The molecule has 4 N–H and O–H groups in total. The average Bonchev–Trinajstić information content (AvgIpc) is 3.05. The van der Waals surface area contributed by atoms with Crippen LogP contribution in [0.15, 0.2) is 60.9 Å². The van der Waals surface area contributed by atoms with Gasteiger partial charge in [0.2, 0.25) is 17.7 Å². The molecule has 4 rings (SSSR count). The summed E-state index contributed by atoms with van der Waals surface area (Å²) in [7, 11) is -3.87. The number of sulfone groups is 1. The van der Waals surface area contributed by atoms with Crippen molar-refractivity contribution in [3.63, 3.8) is 0 Å². The lowest BCUT2D eigenvalue weighted by Gasteiger charge is -2.47. The molecule has 2 fully saturated rings. The average molecular weight is 710 g/mol. The molecule has 0 spiro atoms. The van der Waals surface area contributed by atoms with Gasteiger partial charge in [-0.15, -0.1) is 0 Å². The summed E-state index contributed by atoms with van der Waals surface area (Å²) < 4.78 is 24.3. The Hall–Kier alpha value is -3.61. The molecular formula is C38H55N5O6S. The van der Waals surface area contributed by atoms with Crippen molar-refractivity contribution in [1.29, 1.82) is 0 Å². The minimum absolute atomic E-state index is 0.0746. The van der Waals surface area contributed by atoms with Gasteiger partial charge in [0, 0.05) is 43.4 Å². The van der Waals surface area contributed by atoms with Crippen LogP contribution in [-0.4, -0.2) is 95.0 Å². The first-order valence-electron chi connectivity index (χ1n) is 17.6. The number of carbonyl (C=O) groups excluding carboxylic acids is 3. The lowest BCUT2D eigenvalue weighted by atomic mass is 9.72. The Bertz CT molecular complexity index is 1590. The van der Waals surface area contributed by atoms with E-state index in [9.17, 15) is 27.9 Å². The van der Waals surface area contributed by atoms with Crippen LogP contribution in [0.2, 0.25) is 0 Å². The molecule has 6 atom stereocenters. The summed E-state index contributed by atoms with van der Waals surface area (Å²) in [6.07, 6.45) is 11.2. The van der Waals surface area contributed by atoms with Gasteiger partial charge in [-0.1, -0.05) is 55.7 Å². The van der Waals surface area contributed by atoms with E-state index >= 15 is 0 Å². The van der Waals surface area contributed by atoms with Crippen molar-refractivity contribution in [3.05, 3.63) is 72.1 Å². The zero-order valence-corrected chi connectivity index (χ0v) is 31.1. The Morgan fingerprint density at radius 3 is 2.30 bits per heavy atom. The Morgan fingerprint density at radius 2 is 1.68 bits per heavy atom. The second-order valence-electron chi connectivity index (χ2n) is 15.6. The van der Waals surface area contributed by atoms with Crippen molar-refractivity contribution >= 4 is 33.6 Å². The van der Waals surface area contributed by atoms with E-state index in [0.29, 0.717) is 30.4 Å². The van der Waals surface area contributed by atoms with Gasteiger partial charge >= 0.3 is 0 Å². The number of likely N-dealkylation sites (tertiary alicyclic amines) is 1. The van der Waals surface area contributed by atoms with Crippen LogP contribution in [0.25, 0.3) is 6.08 Å². The monoisotopic (exact) mass is 709 g/mol. The summed E-state index contributed by atoms with van der Waals surface area (Å²) in [4.78, 5) is 47.0. The van der Waals surface area contributed by atoms with Gasteiger partial charge in [0.1, 0.15) is 6.04 Å². The number of aromatic nitrogens is 1. The highest BCUT2D eigenvalue weighted by Gasteiger charge is 2.46. The quantitative estimate of drug-likeness (QED) is 0.231. The van der Waals surface area contributed by atoms with Crippen LogP contribution >= 0.6 is 0 Å². The third kappa shape index (κ3) is 10.7. The van der Waals surface area contributed by atoms with Crippen LogP contribution in [-0.2, 0) is 30.6 Å². The molecule has 1 aliphatic heterocycles. The zero-order valence-electron chi connectivity index (χ0n) is 30.3. The molecule has 2 heterocycles. The maximum Gasteiger partial charge on any atom is 0.244 e. The van der Waals surface area contributed by atoms with Gasteiger partial charge in [-0.05, 0) is 89.0 Å². The van der Waals surface area contributed by atoms with E-state index in [4.69, 9.17) is 0 Å². The number of fused-ring (bicyclic) bond motifs is 1. The molecule has 1 saturated carbocycles. The maximum atomic E-state index is 14.1. The molecule has 2 aliphatic rings. The first kappa shape index (κ1) is 39.2. The topological polar surface area (TPSA) is 158 Å². The number of hydrogen-bond acceptors (Lipinski definition) is 8. The lowest BCUT2D eigenvalue weighted by Crippen LogP contribution is -2.64. The van der Waals surface area contributed by atoms with Crippen LogP contribution in [0.3, 0.4) is 0 Å².